The maximum Gasteiger partial charge on any atom is 0.196 e. The van der Waals surface area contributed by atoms with E-state index < -0.39 is 11.0 Å². The van der Waals surface area contributed by atoms with Gasteiger partial charge in [0.1, 0.15) is 15.5 Å². The third kappa shape index (κ3) is 2.49. The third-order valence-electron chi connectivity index (χ3n) is 2.46. The van der Waals surface area contributed by atoms with Gasteiger partial charge in [-0.1, -0.05) is 23.5 Å². The Bertz CT molecular complexity index is 722. The number of methoxy groups -OCH3 is 1. The predicted molar refractivity (Wildman–Crippen MR) is 80.5 cm³/mol. The molecule has 1 N–H and O–H groups in total. The first-order valence-electron chi connectivity index (χ1n) is 5.43. The quantitative estimate of drug-likeness (QED) is 0.802. The molecule has 98 valence electrons. The molecule has 7 heteroatoms. The van der Waals surface area contributed by atoms with E-state index in [-0.39, 0.29) is 0 Å². The van der Waals surface area contributed by atoms with Gasteiger partial charge in [0.2, 0.25) is 0 Å². The van der Waals surface area contributed by atoms with Gasteiger partial charge in [0.15, 0.2) is 16.1 Å². The summed E-state index contributed by atoms with van der Waals surface area (Å²) in [5.74, 6) is 0.726. The average molecular weight is 310 g/mol. The van der Waals surface area contributed by atoms with Crippen molar-refractivity contribution >= 4 is 49.0 Å². The summed E-state index contributed by atoms with van der Waals surface area (Å²) in [4.78, 5) is 4.43. The highest BCUT2D eigenvalue weighted by atomic mass is 32.2. The number of ether oxygens (including phenoxy) is 1. The molecule has 0 amide bonds. The van der Waals surface area contributed by atoms with Crippen LogP contribution in [0.1, 0.15) is 0 Å². The molecule has 0 aliphatic heterocycles. The molecule has 2 heterocycles. The molecule has 0 fully saturated rings. The maximum atomic E-state index is 12.1. The highest BCUT2D eigenvalue weighted by molar-refractivity contribution is 7.88. The van der Waals surface area contributed by atoms with Gasteiger partial charge in [-0.05, 0) is 23.6 Å². The van der Waals surface area contributed by atoms with Crippen LogP contribution in [0.4, 0.5) is 5.13 Å². The van der Waals surface area contributed by atoms with Crippen molar-refractivity contribution in [2.75, 3.05) is 11.8 Å². The number of fused-ring (bicyclic) bond motifs is 1. The van der Waals surface area contributed by atoms with Gasteiger partial charge in [-0.25, -0.2) is 9.19 Å². The van der Waals surface area contributed by atoms with Gasteiger partial charge in [-0.2, -0.15) is 0 Å². The van der Waals surface area contributed by atoms with Gasteiger partial charge < -0.3 is 4.74 Å². The van der Waals surface area contributed by atoms with Crippen molar-refractivity contribution in [2.45, 2.75) is 4.21 Å². The second-order valence-corrected chi connectivity index (χ2v) is 7.05. The fourth-order valence-corrected chi connectivity index (χ4v) is 4.36. The third-order valence-corrected chi connectivity index (χ3v) is 5.81. The number of hydrogen-bond acceptors (Lipinski definition) is 5. The Balaban J connectivity index is 1.92. The lowest BCUT2D eigenvalue weighted by Crippen LogP contribution is -2.02. The Labute approximate surface area is 120 Å². The molecular formula is C12H10N2O2S3. The maximum absolute atomic E-state index is 12.1. The Morgan fingerprint density at radius 1 is 1.32 bits per heavy atom. The van der Waals surface area contributed by atoms with Gasteiger partial charge >= 0.3 is 0 Å². The Hall–Kier alpha value is -1.44. The number of thiophene rings is 1. The highest BCUT2D eigenvalue weighted by Crippen LogP contribution is 2.32. The first-order chi connectivity index (χ1) is 9.28. The van der Waals surface area contributed by atoms with Crippen molar-refractivity contribution < 1.29 is 8.95 Å². The van der Waals surface area contributed by atoms with E-state index in [2.05, 4.69) is 9.71 Å². The molecule has 0 radical (unpaired) electrons. The molecule has 0 spiro atoms. The number of nitrogens with zero attached hydrogens (tertiary/aromatic N) is 1. The van der Waals surface area contributed by atoms with E-state index in [9.17, 15) is 4.21 Å². The minimum atomic E-state index is -1.26. The Morgan fingerprint density at radius 3 is 2.95 bits per heavy atom. The van der Waals surface area contributed by atoms with Crippen molar-refractivity contribution in [3.05, 3.63) is 35.7 Å². The van der Waals surface area contributed by atoms with Crippen molar-refractivity contribution in [1.82, 2.24) is 4.98 Å². The van der Waals surface area contributed by atoms with Crippen LogP contribution in [-0.2, 0) is 11.0 Å². The smallest absolute Gasteiger partial charge is 0.196 e. The van der Waals surface area contributed by atoms with Crippen LogP contribution in [0.25, 0.3) is 10.2 Å². The van der Waals surface area contributed by atoms with E-state index in [1.165, 1.54) is 22.7 Å². The van der Waals surface area contributed by atoms with Crippen molar-refractivity contribution in [2.24, 2.45) is 0 Å². The second kappa shape index (κ2) is 5.28. The van der Waals surface area contributed by atoms with Gasteiger partial charge in [0, 0.05) is 0 Å². The number of hydrogen-bond donors (Lipinski definition) is 1. The summed E-state index contributed by atoms with van der Waals surface area (Å²) in [5, 5.41) is 2.53. The molecule has 19 heavy (non-hydrogen) atoms. The first kappa shape index (κ1) is 12.6. The van der Waals surface area contributed by atoms with Crippen molar-refractivity contribution in [3.8, 4) is 5.75 Å². The molecular weight excluding hydrogens is 300 g/mol. The van der Waals surface area contributed by atoms with Gasteiger partial charge in [0.25, 0.3) is 0 Å². The Kier molecular flexibility index (Phi) is 3.50. The summed E-state index contributed by atoms with van der Waals surface area (Å²) >= 11 is 2.92. The molecule has 0 saturated carbocycles. The standard InChI is InChI=1S/C12H10N2O2S3/c1-16-8-4-2-5-9-11(8)13-12(18-9)14-19(15)10-6-3-7-17-10/h2-7H,1H3,(H,13,14). The van der Waals surface area contributed by atoms with Crippen LogP contribution in [0.5, 0.6) is 5.75 Å². The minimum absolute atomic E-state index is 0.631. The zero-order valence-corrected chi connectivity index (χ0v) is 12.4. The van der Waals surface area contributed by atoms with E-state index in [1.807, 2.05) is 35.7 Å². The van der Waals surface area contributed by atoms with E-state index in [0.717, 1.165) is 20.2 Å². The minimum Gasteiger partial charge on any atom is -0.494 e. The van der Waals surface area contributed by atoms with E-state index in [4.69, 9.17) is 4.74 Å². The lowest BCUT2D eigenvalue weighted by molar-refractivity contribution is 0.419. The molecule has 3 aromatic rings. The molecule has 0 aliphatic rings. The molecule has 4 nitrogen and oxygen atoms in total. The summed E-state index contributed by atoms with van der Waals surface area (Å²) in [5.41, 5.74) is 0.792. The molecule has 3 rings (SSSR count). The molecule has 0 saturated heterocycles. The van der Waals surface area contributed by atoms with Gasteiger partial charge in [-0.15, -0.1) is 11.3 Å². The molecule has 1 aromatic carbocycles. The van der Waals surface area contributed by atoms with Crippen molar-refractivity contribution in [3.63, 3.8) is 0 Å². The summed E-state index contributed by atoms with van der Waals surface area (Å²) in [6.45, 7) is 0. The highest BCUT2D eigenvalue weighted by Gasteiger charge is 2.11. The summed E-state index contributed by atoms with van der Waals surface area (Å²) in [6, 6.07) is 9.46. The first-order valence-corrected chi connectivity index (χ1v) is 8.28. The number of rotatable bonds is 4. The fourth-order valence-electron chi connectivity index (χ4n) is 1.63. The zero-order valence-electron chi connectivity index (χ0n) is 9.95. The zero-order chi connectivity index (χ0) is 13.2. The number of nitrogens with one attached hydrogen (secondary N) is 1. The van der Waals surface area contributed by atoms with Crippen LogP contribution in [0, 0.1) is 0 Å². The molecule has 0 aliphatic carbocycles. The topological polar surface area (TPSA) is 51.2 Å². The van der Waals surface area contributed by atoms with Crippen LogP contribution < -0.4 is 9.46 Å². The van der Waals surface area contributed by atoms with Crippen LogP contribution in [0.3, 0.4) is 0 Å². The SMILES string of the molecule is COc1cccc2sc(NS(=O)c3cccs3)nc12. The van der Waals surface area contributed by atoms with E-state index in [0.29, 0.717) is 5.13 Å². The normalized spacial score (nSPS) is 12.5. The van der Waals surface area contributed by atoms with Crippen molar-refractivity contribution in [1.29, 1.82) is 0 Å². The van der Waals surface area contributed by atoms with Gasteiger partial charge in [-0.3, -0.25) is 4.72 Å². The number of para-hydroxylation sites is 1. The van der Waals surface area contributed by atoms with E-state index >= 15 is 0 Å². The molecule has 1 unspecified atom stereocenters. The average Bonchev–Trinajstić information content (AvgIpc) is 3.06. The van der Waals surface area contributed by atoms with Crippen LogP contribution in [0.2, 0.25) is 0 Å². The second-order valence-electron chi connectivity index (χ2n) is 3.63. The molecule has 0 bridgehead atoms. The predicted octanol–water partition coefficient (Wildman–Crippen LogP) is 3.50. The number of benzene rings is 1. The summed E-state index contributed by atoms with van der Waals surface area (Å²) in [6.07, 6.45) is 0. The van der Waals surface area contributed by atoms with E-state index in [1.54, 1.807) is 7.11 Å². The number of thiazole rings is 1. The van der Waals surface area contributed by atoms with Crippen LogP contribution >= 0.6 is 22.7 Å². The monoisotopic (exact) mass is 310 g/mol. The largest absolute Gasteiger partial charge is 0.494 e. The van der Waals surface area contributed by atoms with Crippen LogP contribution in [-0.4, -0.2) is 16.3 Å². The number of aromatic nitrogens is 1. The summed E-state index contributed by atoms with van der Waals surface area (Å²) < 4.78 is 22.0. The lowest BCUT2D eigenvalue weighted by atomic mass is 10.3. The molecule has 1 atom stereocenters. The Morgan fingerprint density at radius 2 is 2.21 bits per heavy atom. The molecule has 2 aromatic heterocycles. The van der Waals surface area contributed by atoms with Gasteiger partial charge in [0.05, 0.1) is 11.8 Å². The summed E-state index contributed by atoms with van der Waals surface area (Å²) in [7, 11) is 0.353. The number of anilines is 1. The fraction of sp³-hybridized carbons (Fsp3) is 0.0833. The lowest BCUT2D eigenvalue weighted by Gasteiger charge is -1.99. The van der Waals surface area contributed by atoms with Crippen LogP contribution in [0.15, 0.2) is 39.9 Å².